The van der Waals surface area contributed by atoms with Crippen LogP contribution in [0.4, 0.5) is 12.9 Å². The Hall–Kier alpha value is -0.615. The molecular weight excluding hydrogens is 198 g/mol. The molecular formula is C7H8BF3NS-. The van der Waals surface area contributed by atoms with E-state index in [9.17, 15) is 12.9 Å². The van der Waals surface area contributed by atoms with Crippen LogP contribution in [-0.2, 0) is 6.54 Å². The first-order valence-electron chi connectivity index (χ1n) is 3.66. The monoisotopic (exact) mass is 206 g/mol. The van der Waals surface area contributed by atoms with Gasteiger partial charge in [0.25, 0.3) is 0 Å². The Morgan fingerprint density at radius 1 is 1.23 bits per heavy atom. The molecule has 1 rings (SSSR count). The van der Waals surface area contributed by atoms with Crippen LogP contribution < -0.4 is 11.2 Å². The van der Waals surface area contributed by atoms with Crippen molar-refractivity contribution in [1.82, 2.24) is 0 Å². The van der Waals surface area contributed by atoms with Crippen LogP contribution in [0.3, 0.4) is 0 Å². The Balaban J connectivity index is 3.16. The molecule has 0 aliphatic rings. The molecule has 0 amide bonds. The van der Waals surface area contributed by atoms with E-state index in [4.69, 9.17) is 5.73 Å². The second kappa shape index (κ2) is 3.63. The van der Waals surface area contributed by atoms with Gasteiger partial charge in [0.2, 0.25) is 0 Å². The molecule has 0 saturated heterocycles. The lowest BCUT2D eigenvalue weighted by molar-refractivity contribution is 0.500. The molecule has 72 valence electrons. The molecule has 0 radical (unpaired) electrons. The van der Waals surface area contributed by atoms with E-state index in [2.05, 4.69) is 12.6 Å². The standard InChI is InChI=1S/C7H8BF3NS/c9-8(10,11)6-1-5(4-12)2-7(13)3-6/h1-3,13H,4,12H2/q-1. The van der Waals surface area contributed by atoms with Gasteiger partial charge in [0.1, 0.15) is 0 Å². The lowest BCUT2D eigenvalue weighted by Crippen LogP contribution is -2.34. The SMILES string of the molecule is NCc1cc(S)cc([B-](F)(F)F)c1. The van der Waals surface area contributed by atoms with Crippen molar-refractivity contribution < 1.29 is 12.9 Å². The summed E-state index contributed by atoms with van der Waals surface area (Å²) in [6, 6.07) is 3.58. The molecule has 0 unspecified atom stereocenters. The van der Waals surface area contributed by atoms with E-state index in [0.29, 0.717) is 5.56 Å². The van der Waals surface area contributed by atoms with Crippen LogP contribution in [0, 0.1) is 0 Å². The lowest BCUT2D eigenvalue weighted by atomic mass is 9.79. The van der Waals surface area contributed by atoms with Crippen LogP contribution in [-0.4, -0.2) is 6.98 Å². The van der Waals surface area contributed by atoms with Gasteiger partial charge in [0.05, 0.1) is 0 Å². The minimum atomic E-state index is -4.95. The summed E-state index contributed by atoms with van der Waals surface area (Å²) >= 11 is 3.86. The first-order chi connectivity index (χ1) is 5.93. The molecule has 13 heavy (non-hydrogen) atoms. The van der Waals surface area contributed by atoms with Gasteiger partial charge in [-0.05, 0) is 11.6 Å². The zero-order valence-corrected chi connectivity index (χ0v) is 7.57. The first-order valence-corrected chi connectivity index (χ1v) is 4.11. The topological polar surface area (TPSA) is 26.0 Å². The molecule has 0 heterocycles. The molecule has 0 fully saturated rings. The van der Waals surface area contributed by atoms with Crippen molar-refractivity contribution in [1.29, 1.82) is 0 Å². The largest absolute Gasteiger partial charge is 0.509 e. The number of hydrogen-bond donors (Lipinski definition) is 2. The average molecular weight is 206 g/mol. The van der Waals surface area contributed by atoms with Crippen molar-refractivity contribution in [2.24, 2.45) is 5.73 Å². The second-order valence-electron chi connectivity index (χ2n) is 2.71. The summed E-state index contributed by atoms with van der Waals surface area (Å²) in [4.78, 5) is 0.289. The van der Waals surface area contributed by atoms with Crippen LogP contribution in [0.25, 0.3) is 0 Å². The van der Waals surface area contributed by atoms with Gasteiger partial charge in [-0.2, -0.15) is 0 Å². The van der Waals surface area contributed by atoms with Crippen molar-refractivity contribution in [3.63, 3.8) is 0 Å². The fourth-order valence-electron chi connectivity index (χ4n) is 1.01. The van der Waals surface area contributed by atoms with E-state index < -0.39 is 12.4 Å². The number of halogens is 3. The van der Waals surface area contributed by atoms with Gasteiger partial charge >= 0.3 is 6.98 Å². The highest BCUT2D eigenvalue weighted by molar-refractivity contribution is 7.80. The minimum absolute atomic E-state index is 0.0908. The van der Waals surface area contributed by atoms with Crippen LogP contribution in [0.15, 0.2) is 23.1 Å². The summed E-state index contributed by atoms with van der Waals surface area (Å²) < 4.78 is 36.8. The van der Waals surface area contributed by atoms with Gasteiger partial charge in [0.15, 0.2) is 0 Å². The molecule has 0 aromatic heterocycles. The maximum atomic E-state index is 12.3. The van der Waals surface area contributed by atoms with Gasteiger partial charge in [-0.15, -0.1) is 18.1 Å². The Morgan fingerprint density at radius 3 is 2.31 bits per heavy atom. The second-order valence-corrected chi connectivity index (χ2v) is 3.23. The Kier molecular flexibility index (Phi) is 2.92. The van der Waals surface area contributed by atoms with Crippen LogP contribution in [0.2, 0.25) is 0 Å². The number of hydrogen-bond acceptors (Lipinski definition) is 2. The summed E-state index contributed by atoms with van der Waals surface area (Å²) in [6.07, 6.45) is 0. The van der Waals surface area contributed by atoms with Gasteiger partial charge in [-0.1, -0.05) is 12.1 Å². The Morgan fingerprint density at radius 2 is 1.85 bits per heavy atom. The molecule has 1 aromatic carbocycles. The van der Waals surface area contributed by atoms with Crippen LogP contribution in [0.1, 0.15) is 5.56 Å². The Labute approximate surface area is 79.6 Å². The molecule has 0 bridgehead atoms. The van der Waals surface area contributed by atoms with Gasteiger partial charge in [-0.3, -0.25) is 0 Å². The van der Waals surface area contributed by atoms with E-state index in [1.807, 2.05) is 0 Å². The third-order valence-electron chi connectivity index (χ3n) is 1.61. The molecule has 0 aliphatic heterocycles. The van der Waals surface area contributed by atoms with E-state index in [1.165, 1.54) is 6.07 Å². The third-order valence-corrected chi connectivity index (χ3v) is 1.87. The fraction of sp³-hybridized carbons (Fsp3) is 0.143. The fourth-order valence-corrected chi connectivity index (χ4v) is 1.32. The highest BCUT2D eigenvalue weighted by Crippen LogP contribution is 2.14. The molecule has 0 aliphatic carbocycles. The summed E-state index contributed by atoms with van der Waals surface area (Å²) in [6.45, 7) is -4.86. The molecule has 0 saturated carbocycles. The summed E-state index contributed by atoms with van der Waals surface area (Å²) in [5.41, 5.74) is 5.04. The van der Waals surface area contributed by atoms with Crippen molar-refractivity contribution in [2.45, 2.75) is 11.4 Å². The highest BCUT2D eigenvalue weighted by Gasteiger charge is 2.25. The number of rotatable bonds is 2. The maximum Gasteiger partial charge on any atom is 0.509 e. The maximum absolute atomic E-state index is 12.3. The predicted molar refractivity (Wildman–Crippen MR) is 50.3 cm³/mol. The third kappa shape index (κ3) is 2.67. The summed E-state index contributed by atoms with van der Waals surface area (Å²) in [5.74, 6) is 0. The van der Waals surface area contributed by atoms with E-state index in [-0.39, 0.29) is 11.4 Å². The van der Waals surface area contributed by atoms with Crippen molar-refractivity contribution >= 4 is 25.1 Å². The van der Waals surface area contributed by atoms with E-state index >= 15 is 0 Å². The van der Waals surface area contributed by atoms with Crippen molar-refractivity contribution in [2.75, 3.05) is 0 Å². The first kappa shape index (κ1) is 10.5. The predicted octanol–water partition coefficient (Wildman–Crippen LogP) is 1.49. The zero-order valence-electron chi connectivity index (χ0n) is 6.67. The van der Waals surface area contributed by atoms with Gasteiger partial charge < -0.3 is 18.7 Å². The zero-order chi connectivity index (χ0) is 10.1. The highest BCUT2D eigenvalue weighted by atomic mass is 32.1. The summed E-state index contributed by atoms with van der Waals surface area (Å²) in [5, 5.41) is 0. The van der Waals surface area contributed by atoms with E-state index in [1.54, 1.807) is 0 Å². The van der Waals surface area contributed by atoms with Gasteiger partial charge in [0, 0.05) is 11.4 Å². The van der Waals surface area contributed by atoms with Crippen molar-refractivity contribution in [3.8, 4) is 0 Å². The van der Waals surface area contributed by atoms with Crippen LogP contribution >= 0.6 is 12.6 Å². The van der Waals surface area contributed by atoms with Crippen molar-refractivity contribution in [3.05, 3.63) is 23.8 Å². The molecule has 0 atom stereocenters. The normalized spacial score (nSPS) is 11.8. The number of nitrogens with two attached hydrogens (primary N) is 1. The molecule has 6 heteroatoms. The van der Waals surface area contributed by atoms with Gasteiger partial charge in [-0.25, -0.2) is 0 Å². The number of benzene rings is 1. The number of thiol groups is 1. The molecule has 1 nitrogen and oxygen atoms in total. The molecule has 2 N–H and O–H groups in total. The smallest absolute Gasteiger partial charge is 0.445 e. The van der Waals surface area contributed by atoms with E-state index in [0.717, 1.165) is 12.1 Å². The average Bonchev–Trinajstić information content (AvgIpc) is 2.01. The lowest BCUT2D eigenvalue weighted by Gasteiger charge is -2.16. The quantitative estimate of drug-likeness (QED) is 0.556. The minimum Gasteiger partial charge on any atom is -0.445 e. The molecule has 1 aromatic rings. The molecule has 0 spiro atoms. The Bertz CT molecular complexity index is 313. The summed E-state index contributed by atoms with van der Waals surface area (Å²) in [7, 11) is 0. The van der Waals surface area contributed by atoms with Crippen LogP contribution in [0.5, 0.6) is 0 Å².